The van der Waals surface area contributed by atoms with Crippen LogP contribution in [0.3, 0.4) is 0 Å². The molecule has 0 unspecified atom stereocenters. The van der Waals surface area contributed by atoms with Crippen LogP contribution in [-0.2, 0) is 13.1 Å². The van der Waals surface area contributed by atoms with E-state index in [9.17, 15) is 0 Å². The van der Waals surface area contributed by atoms with Gasteiger partial charge in [-0.15, -0.1) is 0 Å². The molecule has 1 N–H and O–H groups in total. The average Bonchev–Trinajstić information content (AvgIpc) is 2.89. The molecule has 1 aliphatic heterocycles. The van der Waals surface area contributed by atoms with Crippen molar-refractivity contribution >= 4 is 15.9 Å². The summed E-state index contributed by atoms with van der Waals surface area (Å²) in [7, 11) is 0. The van der Waals surface area contributed by atoms with Crippen molar-refractivity contribution in [3.63, 3.8) is 0 Å². The molecule has 2 aromatic rings. The lowest BCUT2D eigenvalue weighted by atomic mass is 10.2. The normalized spacial score (nSPS) is 12.7. The Morgan fingerprint density at radius 2 is 2.11 bits per heavy atom. The summed E-state index contributed by atoms with van der Waals surface area (Å²) >= 11 is 3.49. The molecule has 98 valence electrons. The Morgan fingerprint density at radius 3 is 2.95 bits per heavy atom. The Kier molecular flexibility index (Phi) is 3.66. The van der Waals surface area contributed by atoms with E-state index < -0.39 is 0 Å². The van der Waals surface area contributed by atoms with Crippen LogP contribution in [0.5, 0.6) is 11.5 Å². The number of nitrogens with zero attached hydrogens (tertiary/aromatic N) is 1. The van der Waals surface area contributed by atoms with Gasteiger partial charge < -0.3 is 14.8 Å². The Morgan fingerprint density at radius 1 is 1.21 bits per heavy atom. The highest BCUT2D eigenvalue weighted by Crippen LogP contribution is 2.39. The zero-order chi connectivity index (χ0) is 13.1. The van der Waals surface area contributed by atoms with Gasteiger partial charge >= 0.3 is 0 Å². The Bertz CT molecular complexity index is 575. The van der Waals surface area contributed by atoms with Crippen molar-refractivity contribution in [2.45, 2.75) is 13.1 Å². The second kappa shape index (κ2) is 5.59. The Hall–Kier alpha value is -1.59. The van der Waals surface area contributed by atoms with Crippen LogP contribution in [0.1, 0.15) is 11.1 Å². The maximum Gasteiger partial charge on any atom is 0.231 e. The summed E-state index contributed by atoms with van der Waals surface area (Å²) in [6, 6.07) is 8.04. The van der Waals surface area contributed by atoms with E-state index in [1.54, 1.807) is 6.20 Å². The van der Waals surface area contributed by atoms with E-state index in [-0.39, 0.29) is 0 Å². The van der Waals surface area contributed by atoms with Gasteiger partial charge in [0.1, 0.15) is 0 Å². The van der Waals surface area contributed by atoms with Gasteiger partial charge in [-0.25, -0.2) is 0 Å². The molecule has 2 heterocycles. The van der Waals surface area contributed by atoms with Crippen molar-refractivity contribution in [3.8, 4) is 11.5 Å². The maximum absolute atomic E-state index is 5.39. The van der Waals surface area contributed by atoms with Crippen LogP contribution in [-0.4, -0.2) is 11.8 Å². The minimum absolute atomic E-state index is 0.292. The van der Waals surface area contributed by atoms with E-state index in [0.29, 0.717) is 6.79 Å². The first-order chi connectivity index (χ1) is 9.33. The van der Waals surface area contributed by atoms with Gasteiger partial charge in [-0.05, 0) is 45.3 Å². The minimum atomic E-state index is 0.292. The number of halogens is 1. The number of pyridine rings is 1. The number of ether oxygens (including phenoxy) is 2. The molecule has 1 aliphatic rings. The average molecular weight is 321 g/mol. The molecule has 5 heteroatoms. The molecule has 0 bridgehead atoms. The lowest BCUT2D eigenvalue weighted by molar-refractivity contribution is 0.173. The number of aromatic nitrogens is 1. The highest BCUT2D eigenvalue weighted by Gasteiger charge is 2.17. The first-order valence-electron chi connectivity index (χ1n) is 6.00. The smallest absolute Gasteiger partial charge is 0.231 e. The van der Waals surface area contributed by atoms with Crippen LogP contribution in [0.15, 0.2) is 41.1 Å². The van der Waals surface area contributed by atoms with Gasteiger partial charge in [0.05, 0.1) is 4.47 Å². The summed E-state index contributed by atoms with van der Waals surface area (Å²) in [6.07, 6.45) is 3.64. The highest BCUT2D eigenvalue weighted by atomic mass is 79.9. The standard InChI is InChI=1S/C14H13BrN2O2/c15-12-4-11(5-13-14(12)19-9-18-13)8-17-7-10-2-1-3-16-6-10/h1-6,17H,7-9H2. The second-order valence-corrected chi connectivity index (χ2v) is 5.13. The molecule has 0 saturated heterocycles. The van der Waals surface area contributed by atoms with Gasteiger partial charge in [-0.3, -0.25) is 4.98 Å². The maximum atomic E-state index is 5.39. The second-order valence-electron chi connectivity index (χ2n) is 4.28. The van der Waals surface area contributed by atoms with Gasteiger partial charge in [-0.2, -0.15) is 0 Å². The third-order valence-electron chi connectivity index (χ3n) is 2.87. The Labute approximate surface area is 119 Å². The lowest BCUT2D eigenvalue weighted by Crippen LogP contribution is -2.12. The van der Waals surface area contributed by atoms with Crippen LogP contribution in [0.25, 0.3) is 0 Å². The molecule has 0 aliphatic carbocycles. The number of hydrogen-bond acceptors (Lipinski definition) is 4. The van der Waals surface area contributed by atoms with Gasteiger partial charge in [0.2, 0.25) is 6.79 Å². The van der Waals surface area contributed by atoms with E-state index in [1.807, 2.05) is 24.4 Å². The quantitative estimate of drug-likeness (QED) is 0.940. The molecule has 0 amide bonds. The molecule has 19 heavy (non-hydrogen) atoms. The van der Waals surface area contributed by atoms with E-state index in [4.69, 9.17) is 9.47 Å². The summed E-state index contributed by atoms with van der Waals surface area (Å²) in [4.78, 5) is 4.09. The molecule has 4 nitrogen and oxygen atoms in total. The zero-order valence-corrected chi connectivity index (χ0v) is 11.8. The monoisotopic (exact) mass is 320 g/mol. The fourth-order valence-electron chi connectivity index (χ4n) is 1.98. The number of benzene rings is 1. The van der Waals surface area contributed by atoms with E-state index in [2.05, 4.69) is 32.3 Å². The lowest BCUT2D eigenvalue weighted by Gasteiger charge is -2.07. The van der Waals surface area contributed by atoms with Crippen LogP contribution in [0, 0.1) is 0 Å². The van der Waals surface area contributed by atoms with Gasteiger partial charge in [0, 0.05) is 25.5 Å². The van der Waals surface area contributed by atoms with E-state index in [1.165, 1.54) is 5.56 Å². The molecule has 3 rings (SSSR count). The van der Waals surface area contributed by atoms with Crippen molar-refractivity contribution in [1.29, 1.82) is 0 Å². The van der Waals surface area contributed by atoms with Crippen molar-refractivity contribution in [2.75, 3.05) is 6.79 Å². The van der Waals surface area contributed by atoms with Gasteiger partial charge in [0.25, 0.3) is 0 Å². The molecule has 0 saturated carbocycles. The van der Waals surface area contributed by atoms with E-state index in [0.717, 1.165) is 34.6 Å². The fraction of sp³-hybridized carbons (Fsp3) is 0.214. The summed E-state index contributed by atoms with van der Waals surface area (Å²) in [5.74, 6) is 1.59. The minimum Gasteiger partial charge on any atom is -0.454 e. The third kappa shape index (κ3) is 2.88. The number of hydrogen-bond donors (Lipinski definition) is 1. The highest BCUT2D eigenvalue weighted by molar-refractivity contribution is 9.10. The van der Waals surface area contributed by atoms with Crippen LogP contribution in [0.4, 0.5) is 0 Å². The summed E-state index contributed by atoms with van der Waals surface area (Å²) in [5, 5.41) is 3.38. The molecule has 0 fully saturated rings. The van der Waals surface area contributed by atoms with Crippen molar-refractivity contribution in [2.24, 2.45) is 0 Å². The largest absolute Gasteiger partial charge is 0.454 e. The fourth-order valence-corrected chi connectivity index (χ4v) is 2.58. The molecule has 0 atom stereocenters. The van der Waals surface area contributed by atoms with Crippen molar-refractivity contribution < 1.29 is 9.47 Å². The molecular formula is C14H13BrN2O2. The van der Waals surface area contributed by atoms with Crippen molar-refractivity contribution in [3.05, 3.63) is 52.3 Å². The van der Waals surface area contributed by atoms with Crippen molar-refractivity contribution in [1.82, 2.24) is 10.3 Å². The van der Waals surface area contributed by atoms with Gasteiger partial charge in [-0.1, -0.05) is 6.07 Å². The number of rotatable bonds is 4. The molecular weight excluding hydrogens is 308 g/mol. The van der Waals surface area contributed by atoms with Gasteiger partial charge in [0.15, 0.2) is 11.5 Å². The SMILES string of the molecule is Brc1cc(CNCc2cccnc2)cc2c1OCO2. The molecule has 0 spiro atoms. The summed E-state index contributed by atoms with van der Waals surface area (Å²) in [6.45, 7) is 1.85. The summed E-state index contributed by atoms with van der Waals surface area (Å²) < 4.78 is 11.7. The van der Waals surface area contributed by atoms with Crippen LogP contribution < -0.4 is 14.8 Å². The predicted molar refractivity (Wildman–Crippen MR) is 75.0 cm³/mol. The summed E-state index contributed by atoms with van der Waals surface area (Å²) in [5.41, 5.74) is 2.32. The molecule has 1 aromatic carbocycles. The molecule has 0 radical (unpaired) electrons. The van der Waals surface area contributed by atoms with E-state index >= 15 is 0 Å². The Balaban J connectivity index is 1.63. The predicted octanol–water partition coefficient (Wildman–Crippen LogP) is 2.86. The zero-order valence-electron chi connectivity index (χ0n) is 10.2. The topological polar surface area (TPSA) is 43.4 Å². The number of fused-ring (bicyclic) bond motifs is 1. The number of nitrogens with one attached hydrogen (secondary N) is 1. The third-order valence-corrected chi connectivity index (χ3v) is 3.46. The van der Waals surface area contributed by atoms with Crippen LogP contribution >= 0.6 is 15.9 Å². The van der Waals surface area contributed by atoms with Crippen LogP contribution in [0.2, 0.25) is 0 Å². The molecule has 1 aromatic heterocycles. The first-order valence-corrected chi connectivity index (χ1v) is 6.80. The first kappa shape index (κ1) is 12.4.